The molecule has 0 bridgehead atoms. The lowest BCUT2D eigenvalue weighted by molar-refractivity contribution is 0.616. The smallest absolute Gasteiger partial charge is 0.204 e. The molecule has 1 heterocycles. The highest BCUT2D eigenvalue weighted by Gasteiger charge is 2.14. The number of unbranched alkanes of at least 4 members (excludes halogenated alkanes) is 2. The lowest BCUT2D eigenvalue weighted by Gasteiger charge is -2.26. The number of fused-ring (bicyclic) bond motifs is 1. The maximum Gasteiger partial charge on any atom is 0.204 e. The molecule has 1 aromatic heterocycles. The van der Waals surface area contributed by atoms with E-state index in [1.165, 1.54) is 19.3 Å². The second-order valence-corrected chi connectivity index (χ2v) is 5.33. The van der Waals surface area contributed by atoms with Crippen molar-refractivity contribution in [2.45, 2.75) is 46.1 Å². The quantitative estimate of drug-likeness (QED) is 0.617. The van der Waals surface area contributed by atoms with Crippen molar-refractivity contribution in [3.05, 3.63) is 18.2 Å². The van der Waals surface area contributed by atoms with Crippen LogP contribution in [0.5, 0.6) is 0 Å². The SMILES string of the molecule is CCCCCN(c1nc2ccc(N)cc2[nH]1)C(C)C. The Balaban J connectivity index is 2.23. The van der Waals surface area contributed by atoms with Crippen molar-refractivity contribution in [2.75, 3.05) is 17.2 Å². The summed E-state index contributed by atoms with van der Waals surface area (Å²) in [7, 11) is 0. The first-order chi connectivity index (χ1) is 9.11. The molecule has 0 aliphatic carbocycles. The van der Waals surface area contributed by atoms with Gasteiger partial charge in [-0.3, -0.25) is 0 Å². The Labute approximate surface area is 115 Å². The van der Waals surface area contributed by atoms with E-state index in [1.807, 2.05) is 18.2 Å². The van der Waals surface area contributed by atoms with Crippen LogP contribution in [0.1, 0.15) is 40.0 Å². The van der Waals surface area contributed by atoms with Crippen molar-refractivity contribution in [1.82, 2.24) is 9.97 Å². The number of nitrogen functional groups attached to an aromatic ring is 1. The van der Waals surface area contributed by atoms with Crippen LogP contribution in [0.15, 0.2) is 18.2 Å². The number of hydrogen-bond donors (Lipinski definition) is 2. The zero-order valence-corrected chi connectivity index (χ0v) is 12.1. The summed E-state index contributed by atoms with van der Waals surface area (Å²) in [5.74, 6) is 0.951. The fourth-order valence-corrected chi connectivity index (χ4v) is 2.29. The molecular formula is C15H24N4. The normalized spacial score (nSPS) is 11.4. The third-order valence-electron chi connectivity index (χ3n) is 3.39. The van der Waals surface area contributed by atoms with Crippen molar-refractivity contribution >= 4 is 22.7 Å². The van der Waals surface area contributed by atoms with Crippen LogP contribution in [-0.4, -0.2) is 22.6 Å². The number of H-pyrrole nitrogens is 1. The maximum absolute atomic E-state index is 5.81. The average molecular weight is 260 g/mol. The van der Waals surface area contributed by atoms with E-state index in [0.29, 0.717) is 6.04 Å². The van der Waals surface area contributed by atoms with Gasteiger partial charge >= 0.3 is 0 Å². The van der Waals surface area contributed by atoms with Crippen molar-refractivity contribution in [3.8, 4) is 0 Å². The van der Waals surface area contributed by atoms with Gasteiger partial charge in [-0.05, 0) is 38.5 Å². The second kappa shape index (κ2) is 5.95. The first-order valence-electron chi connectivity index (χ1n) is 7.13. The topological polar surface area (TPSA) is 57.9 Å². The van der Waals surface area contributed by atoms with Gasteiger partial charge in [0.1, 0.15) is 0 Å². The number of benzene rings is 1. The second-order valence-electron chi connectivity index (χ2n) is 5.33. The van der Waals surface area contributed by atoms with Crippen molar-refractivity contribution in [1.29, 1.82) is 0 Å². The molecule has 0 saturated carbocycles. The van der Waals surface area contributed by atoms with Crippen LogP contribution >= 0.6 is 0 Å². The molecule has 0 atom stereocenters. The monoisotopic (exact) mass is 260 g/mol. The molecule has 0 spiro atoms. The molecule has 0 fully saturated rings. The zero-order valence-electron chi connectivity index (χ0n) is 12.1. The van der Waals surface area contributed by atoms with Gasteiger partial charge in [-0.1, -0.05) is 19.8 Å². The Morgan fingerprint density at radius 2 is 2.11 bits per heavy atom. The van der Waals surface area contributed by atoms with E-state index in [0.717, 1.165) is 29.2 Å². The van der Waals surface area contributed by atoms with E-state index in [2.05, 4.69) is 35.6 Å². The Kier molecular flexibility index (Phi) is 4.30. The number of nitrogens with one attached hydrogen (secondary N) is 1. The van der Waals surface area contributed by atoms with E-state index in [9.17, 15) is 0 Å². The van der Waals surface area contributed by atoms with Crippen molar-refractivity contribution in [2.24, 2.45) is 0 Å². The van der Waals surface area contributed by atoms with Crippen molar-refractivity contribution in [3.63, 3.8) is 0 Å². The number of rotatable bonds is 6. The third-order valence-corrected chi connectivity index (χ3v) is 3.39. The zero-order chi connectivity index (χ0) is 13.8. The van der Waals surface area contributed by atoms with Crippen LogP contribution in [0.3, 0.4) is 0 Å². The van der Waals surface area contributed by atoms with E-state index >= 15 is 0 Å². The molecule has 0 saturated heterocycles. The van der Waals surface area contributed by atoms with E-state index < -0.39 is 0 Å². The van der Waals surface area contributed by atoms with Gasteiger partial charge in [-0.25, -0.2) is 4.98 Å². The molecule has 2 aromatic rings. The number of hydrogen-bond acceptors (Lipinski definition) is 3. The minimum atomic E-state index is 0.440. The molecular weight excluding hydrogens is 236 g/mol. The molecule has 4 heteroatoms. The van der Waals surface area contributed by atoms with Gasteiger partial charge < -0.3 is 15.6 Å². The fraction of sp³-hybridized carbons (Fsp3) is 0.533. The highest BCUT2D eigenvalue weighted by molar-refractivity contribution is 5.80. The number of nitrogens with two attached hydrogens (primary N) is 1. The molecule has 104 valence electrons. The molecule has 0 aliphatic rings. The molecule has 0 unspecified atom stereocenters. The standard InChI is InChI=1S/C15H24N4/c1-4-5-6-9-19(11(2)3)15-17-13-8-7-12(16)10-14(13)18-15/h7-8,10-11H,4-6,9,16H2,1-3H3,(H,17,18). The van der Waals surface area contributed by atoms with E-state index in [-0.39, 0.29) is 0 Å². The van der Waals surface area contributed by atoms with E-state index in [1.54, 1.807) is 0 Å². The molecule has 2 rings (SSSR count). The summed E-state index contributed by atoms with van der Waals surface area (Å²) in [5, 5.41) is 0. The van der Waals surface area contributed by atoms with Crippen LogP contribution in [0, 0.1) is 0 Å². The van der Waals surface area contributed by atoms with Gasteiger partial charge in [0.2, 0.25) is 5.95 Å². The largest absolute Gasteiger partial charge is 0.399 e. The van der Waals surface area contributed by atoms with Crippen LogP contribution in [0.2, 0.25) is 0 Å². The summed E-state index contributed by atoms with van der Waals surface area (Å²) in [6, 6.07) is 6.24. The highest BCUT2D eigenvalue weighted by Crippen LogP contribution is 2.21. The van der Waals surface area contributed by atoms with Crippen LogP contribution < -0.4 is 10.6 Å². The number of aromatic amines is 1. The number of anilines is 2. The highest BCUT2D eigenvalue weighted by atomic mass is 15.3. The van der Waals surface area contributed by atoms with Gasteiger partial charge in [0, 0.05) is 18.3 Å². The van der Waals surface area contributed by atoms with E-state index in [4.69, 9.17) is 5.73 Å². The minimum Gasteiger partial charge on any atom is -0.399 e. The molecule has 4 nitrogen and oxygen atoms in total. The van der Waals surface area contributed by atoms with Gasteiger partial charge in [0.25, 0.3) is 0 Å². The van der Waals surface area contributed by atoms with Crippen LogP contribution in [-0.2, 0) is 0 Å². The molecule has 1 aromatic carbocycles. The van der Waals surface area contributed by atoms with Gasteiger partial charge in [0.15, 0.2) is 0 Å². The fourth-order valence-electron chi connectivity index (χ4n) is 2.29. The van der Waals surface area contributed by atoms with Crippen LogP contribution in [0.4, 0.5) is 11.6 Å². The predicted molar refractivity (Wildman–Crippen MR) is 82.5 cm³/mol. The Hall–Kier alpha value is -1.71. The van der Waals surface area contributed by atoms with Crippen molar-refractivity contribution < 1.29 is 0 Å². The average Bonchev–Trinajstić information content (AvgIpc) is 2.76. The maximum atomic E-state index is 5.81. The number of nitrogens with zero attached hydrogens (tertiary/aromatic N) is 2. The summed E-state index contributed by atoms with van der Waals surface area (Å²) in [6.45, 7) is 7.67. The summed E-state index contributed by atoms with van der Waals surface area (Å²) >= 11 is 0. The number of imidazole rings is 1. The molecule has 19 heavy (non-hydrogen) atoms. The van der Waals surface area contributed by atoms with Gasteiger partial charge in [0.05, 0.1) is 11.0 Å². The first-order valence-corrected chi connectivity index (χ1v) is 7.13. The Morgan fingerprint density at radius 3 is 2.79 bits per heavy atom. The summed E-state index contributed by atoms with van der Waals surface area (Å²) in [4.78, 5) is 10.4. The minimum absolute atomic E-state index is 0.440. The Bertz CT molecular complexity index is 530. The lowest BCUT2D eigenvalue weighted by atomic mass is 10.2. The molecule has 0 radical (unpaired) electrons. The number of aromatic nitrogens is 2. The summed E-state index contributed by atoms with van der Waals surface area (Å²) in [6.07, 6.45) is 3.70. The predicted octanol–water partition coefficient (Wildman–Crippen LogP) is 3.55. The third kappa shape index (κ3) is 3.19. The molecule has 0 amide bonds. The lowest BCUT2D eigenvalue weighted by Crippen LogP contribution is -2.32. The Morgan fingerprint density at radius 1 is 1.32 bits per heavy atom. The van der Waals surface area contributed by atoms with Crippen LogP contribution in [0.25, 0.3) is 11.0 Å². The molecule has 3 N–H and O–H groups in total. The summed E-state index contributed by atoms with van der Waals surface area (Å²) < 4.78 is 0. The molecule has 0 aliphatic heterocycles. The van der Waals surface area contributed by atoms with Gasteiger partial charge in [-0.15, -0.1) is 0 Å². The summed E-state index contributed by atoms with van der Waals surface area (Å²) in [5.41, 5.74) is 8.56. The first kappa shape index (κ1) is 13.7. The van der Waals surface area contributed by atoms with Gasteiger partial charge in [-0.2, -0.15) is 0 Å².